The van der Waals surface area contributed by atoms with Gasteiger partial charge in [0.15, 0.2) is 0 Å². The molecule has 6 rings (SSSR count). The average Bonchev–Trinajstić information content (AvgIpc) is 3.07. The van der Waals surface area contributed by atoms with Crippen molar-refractivity contribution < 1.29 is 9.59 Å². The molecule has 2 aromatic heterocycles. The van der Waals surface area contributed by atoms with Gasteiger partial charge in [0.25, 0.3) is 0 Å². The van der Waals surface area contributed by atoms with Gasteiger partial charge in [-0.3, -0.25) is 14.7 Å². The summed E-state index contributed by atoms with van der Waals surface area (Å²) in [6.45, 7) is 1.45. The molecule has 0 aromatic carbocycles. The molecule has 158 valence electrons. The van der Waals surface area contributed by atoms with E-state index in [1.165, 1.54) is 18.5 Å². The summed E-state index contributed by atoms with van der Waals surface area (Å²) in [5.41, 5.74) is 3.31. The molecule has 2 aromatic rings. The topological polar surface area (TPSA) is 91.0 Å². The Morgan fingerprint density at radius 2 is 2.13 bits per heavy atom. The molecule has 9 heteroatoms. The van der Waals surface area contributed by atoms with Crippen molar-refractivity contribution in [1.29, 1.82) is 0 Å². The fourth-order valence-electron chi connectivity index (χ4n) is 5.05. The van der Waals surface area contributed by atoms with E-state index in [2.05, 4.69) is 25.9 Å². The number of carbonyl (C=O) groups excluding carboxylic acids is 2. The van der Waals surface area contributed by atoms with Crippen molar-refractivity contribution in [2.24, 2.45) is 0 Å². The van der Waals surface area contributed by atoms with E-state index in [4.69, 9.17) is 0 Å². The molecule has 2 aliphatic carbocycles. The van der Waals surface area contributed by atoms with Gasteiger partial charge < -0.3 is 10.2 Å². The number of nitrogens with one attached hydrogen (secondary N) is 2. The minimum Gasteiger partial charge on any atom is -0.351 e. The number of likely N-dealkylation sites (tertiary alicyclic amines) is 1. The second-order valence-electron chi connectivity index (χ2n) is 9.03. The third kappa shape index (κ3) is 3.17. The van der Waals surface area contributed by atoms with Crippen LogP contribution in [0.3, 0.4) is 0 Å². The average molecular weight is 444 g/mol. The number of hydrogen-bond acceptors (Lipinski definition) is 6. The molecular weight excluding hydrogens is 418 g/mol. The summed E-state index contributed by atoms with van der Waals surface area (Å²) in [5.74, 6) is 1.81. The Kier molecular flexibility index (Phi) is 4.46. The number of thioether (sulfide) groups is 1. The van der Waals surface area contributed by atoms with E-state index in [1.54, 1.807) is 11.3 Å². The highest BCUT2D eigenvalue weighted by Crippen LogP contribution is 2.46. The number of fused-ring (bicyclic) bond motifs is 1. The van der Waals surface area contributed by atoms with Gasteiger partial charge in [0.05, 0.1) is 34.7 Å². The molecular formula is C21H25N5O2S2. The lowest BCUT2D eigenvalue weighted by molar-refractivity contribution is -0.136. The number of aromatic nitrogens is 3. The SMILES string of the molecule is O=C(NC1CCSC12CN(C(=O)Cc1nc(C3CC3)cs1)C2)C1CCc2cn[nH]c21. The van der Waals surface area contributed by atoms with Gasteiger partial charge in [-0.1, -0.05) is 0 Å². The van der Waals surface area contributed by atoms with Gasteiger partial charge in [0.1, 0.15) is 5.01 Å². The van der Waals surface area contributed by atoms with Gasteiger partial charge in [-0.2, -0.15) is 5.10 Å². The van der Waals surface area contributed by atoms with Gasteiger partial charge in [-0.15, -0.1) is 23.1 Å². The van der Waals surface area contributed by atoms with Crippen molar-refractivity contribution in [3.8, 4) is 0 Å². The molecule has 0 bridgehead atoms. The van der Waals surface area contributed by atoms with Crippen molar-refractivity contribution in [2.45, 2.75) is 61.1 Å². The normalized spacial score (nSPS) is 26.6. The monoisotopic (exact) mass is 443 g/mol. The van der Waals surface area contributed by atoms with Crippen LogP contribution in [-0.2, 0) is 22.4 Å². The van der Waals surface area contributed by atoms with Crippen LogP contribution in [0.5, 0.6) is 0 Å². The summed E-state index contributed by atoms with van der Waals surface area (Å²) < 4.78 is -0.0250. The summed E-state index contributed by atoms with van der Waals surface area (Å²) >= 11 is 3.52. The Morgan fingerprint density at radius 1 is 1.27 bits per heavy atom. The second kappa shape index (κ2) is 7.09. The highest BCUT2D eigenvalue weighted by molar-refractivity contribution is 8.01. The van der Waals surface area contributed by atoms with Crippen LogP contribution in [0.25, 0.3) is 0 Å². The second-order valence-corrected chi connectivity index (χ2v) is 11.5. The number of nitrogens with zero attached hydrogens (tertiary/aromatic N) is 3. The van der Waals surface area contributed by atoms with E-state index < -0.39 is 0 Å². The first kappa shape index (κ1) is 18.9. The van der Waals surface area contributed by atoms with Crippen LogP contribution in [0, 0.1) is 0 Å². The molecule has 3 fully saturated rings. The molecule has 2 amide bonds. The van der Waals surface area contributed by atoms with Gasteiger partial charge in [-0.25, -0.2) is 4.98 Å². The number of aromatic amines is 1. The number of rotatable bonds is 5. The number of thiazole rings is 1. The molecule has 2 saturated heterocycles. The maximum absolute atomic E-state index is 13.0. The fraction of sp³-hybridized carbons (Fsp3) is 0.619. The summed E-state index contributed by atoms with van der Waals surface area (Å²) in [6, 6.07) is 0.132. The first-order valence-corrected chi connectivity index (χ1v) is 12.7. The fourth-order valence-corrected chi connectivity index (χ4v) is 7.55. The predicted octanol–water partition coefficient (Wildman–Crippen LogP) is 2.22. The Morgan fingerprint density at radius 3 is 2.97 bits per heavy atom. The number of carbonyl (C=O) groups is 2. The van der Waals surface area contributed by atoms with Crippen LogP contribution in [0.1, 0.15) is 59.5 Å². The van der Waals surface area contributed by atoms with Gasteiger partial charge >= 0.3 is 0 Å². The standard InChI is InChI=1S/C21H25N5O2S2/c27-18(7-17-23-15(9-29-17)12-1-2-12)26-10-21(11-26)16(5-6-30-21)24-20(28)14-4-3-13-8-22-25-19(13)14/h8-9,12,14,16H,1-7,10-11H2,(H,22,25)(H,24,28). The largest absolute Gasteiger partial charge is 0.351 e. The molecule has 4 heterocycles. The number of H-pyrrole nitrogens is 1. The first-order chi connectivity index (χ1) is 14.6. The van der Waals surface area contributed by atoms with Crippen molar-refractivity contribution in [3.63, 3.8) is 0 Å². The Bertz CT molecular complexity index is 991. The number of hydrogen-bond donors (Lipinski definition) is 2. The lowest BCUT2D eigenvalue weighted by Gasteiger charge is -2.50. The summed E-state index contributed by atoms with van der Waals surface area (Å²) in [7, 11) is 0. The third-order valence-electron chi connectivity index (χ3n) is 7.00. The van der Waals surface area contributed by atoms with Crippen LogP contribution in [0.4, 0.5) is 0 Å². The van der Waals surface area contributed by atoms with Crippen molar-refractivity contribution >= 4 is 34.9 Å². The van der Waals surface area contributed by atoms with E-state index in [0.717, 1.165) is 54.4 Å². The Hall–Kier alpha value is -1.87. The van der Waals surface area contributed by atoms with E-state index in [1.807, 2.05) is 22.9 Å². The van der Waals surface area contributed by atoms with Gasteiger partial charge in [0.2, 0.25) is 11.8 Å². The molecule has 1 spiro atoms. The lowest BCUT2D eigenvalue weighted by atomic mass is 9.88. The molecule has 1 saturated carbocycles. The van der Waals surface area contributed by atoms with Crippen molar-refractivity contribution in [2.75, 3.05) is 18.8 Å². The van der Waals surface area contributed by atoms with Crippen LogP contribution in [-0.4, -0.2) is 61.5 Å². The molecule has 2 N–H and O–H groups in total. The third-order valence-corrected chi connectivity index (χ3v) is 9.43. The molecule has 0 radical (unpaired) electrons. The molecule has 7 nitrogen and oxygen atoms in total. The summed E-state index contributed by atoms with van der Waals surface area (Å²) in [4.78, 5) is 32.3. The van der Waals surface area contributed by atoms with Crippen LogP contribution >= 0.6 is 23.1 Å². The molecule has 30 heavy (non-hydrogen) atoms. The summed E-state index contributed by atoms with van der Waals surface area (Å²) in [5, 5.41) is 13.5. The van der Waals surface area contributed by atoms with Crippen LogP contribution in [0.2, 0.25) is 0 Å². The zero-order valence-electron chi connectivity index (χ0n) is 16.7. The maximum atomic E-state index is 13.0. The van der Waals surface area contributed by atoms with Crippen LogP contribution in [0.15, 0.2) is 11.6 Å². The van der Waals surface area contributed by atoms with E-state index >= 15 is 0 Å². The minimum atomic E-state index is -0.117. The zero-order valence-corrected chi connectivity index (χ0v) is 18.4. The van der Waals surface area contributed by atoms with E-state index in [9.17, 15) is 9.59 Å². The van der Waals surface area contributed by atoms with E-state index in [-0.39, 0.29) is 28.5 Å². The van der Waals surface area contributed by atoms with Crippen LogP contribution < -0.4 is 5.32 Å². The molecule has 4 aliphatic rings. The zero-order chi connectivity index (χ0) is 20.3. The Balaban J connectivity index is 1.06. The minimum absolute atomic E-state index is 0.0250. The smallest absolute Gasteiger partial charge is 0.229 e. The molecule has 2 unspecified atom stereocenters. The number of aryl methyl sites for hydroxylation is 1. The number of amides is 2. The molecule has 2 atom stereocenters. The first-order valence-electron chi connectivity index (χ1n) is 10.8. The molecule has 2 aliphatic heterocycles. The maximum Gasteiger partial charge on any atom is 0.229 e. The van der Waals surface area contributed by atoms with Gasteiger partial charge in [0, 0.05) is 30.4 Å². The Labute approximate surface area is 183 Å². The summed E-state index contributed by atoms with van der Waals surface area (Å²) in [6.07, 6.45) is 7.44. The quantitative estimate of drug-likeness (QED) is 0.739. The van der Waals surface area contributed by atoms with Crippen molar-refractivity contribution in [1.82, 2.24) is 25.4 Å². The lowest BCUT2D eigenvalue weighted by Crippen LogP contribution is -2.68. The predicted molar refractivity (Wildman–Crippen MR) is 116 cm³/mol. The van der Waals surface area contributed by atoms with Crippen molar-refractivity contribution in [3.05, 3.63) is 33.5 Å². The van der Waals surface area contributed by atoms with Gasteiger partial charge in [-0.05, 0) is 43.4 Å². The highest BCUT2D eigenvalue weighted by Gasteiger charge is 2.54. The highest BCUT2D eigenvalue weighted by atomic mass is 32.2. The van der Waals surface area contributed by atoms with E-state index in [0.29, 0.717) is 12.3 Å².